The van der Waals surface area contributed by atoms with Crippen molar-refractivity contribution >= 4 is 17.5 Å². The highest BCUT2D eigenvalue weighted by Crippen LogP contribution is 2.20. The molecule has 1 aliphatic rings. The SMILES string of the molecule is CN(CC1CCN(CCc2ccc(Cl)cc2)CC1)C(=O)c1cccc(F)c1. The predicted octanol–water partition coefficient (Wildman–Crippen LogP) is 4.51. The number of carbonyl (C=O) groups excluding carboxylic acids is 1. The normalized spacial score (nSPS) is 15.7. The second kappa shape index (κ2) is 9.34. The summed E-state index contributed by atoms with van der Waals surface area (Å²) in [5.41, 5.74) is 1.72. The monoisotopic (exact) mass is 388 g/mol. The first-order chi connectivity index (χ1) is 13.0. The van der Waals surface area contributed by atoms with Gasteiger partial charge in [-0.3, -0.25) is 4.79 Å². The number of benzene rings is 2. The molecule has 1 heterocycles. The first-order valence-electron chi connectivity index (χ1n) is 9.49. The molecule has 2 aromatic rings. The Hall–Kier alpha value is -1.91. The molecule has 1 fully saturated rings. The Morgan fingerprint density at radius 3 is 2.56 bits per heavy atom. The Morgan fingerprint density at radius 2 is 1.89 bits per heavy atom. The van der Waals surface area contributed by atoms with Gasteiger partial charge in [-0.1, -0.05) is 29.8 Å². The van der Waals surface area contributed by atoms with Crippen LogP contribution in [-0.2, 0) is 6.42 Å². The number of nitrogens with zero attached hydrogens (tertiary/aromatic N) is 2. The molecule has 144 valence electrons. The summed E-state index contributed by atoms with van der Waals surface area (Å²) in [5.74, 6) is 0.0159. The summed E-state index contributed by atoms with van der Waals surface area (Å²) < 4.78 is 13.3. The summed E-state index contributed by atoms with van der Waals surface area (Å²) in [5, 5.41) is 0.775. The quantitative estimate of drug-likeness (QED) is 0.727. The van der Waals surface area contributed by atoms with Crippen LogP contribution in [0, 0.1) is 11.7 Å². The fraction of sp³-hybridized carbons (Fsp3) is 0.409. The van der Waals surface area contributed by atoms with Crippen molar-refractivity contribution in [2.45, 2.75) is 19.3 Å². The largest absolute Gasteiger partial charge is 0.341 e. The lowest BCUT2D eigenvalue weighted by Gasteiger charge is -2.34. The van der Waals surface area contributed by atoms with E-state index in [-0.39, 0.29) is 11.7 Å². The Morgan fingerprint density at radius 1 is 1.19 bits per heavy atom. The van der Waals surface area contributed by atoms with Gasteiger partial charge in [-0.15, -0.1) is 0 Å². The van der Waals surface area contributed by atoms with E-state index >= 15 is 0 Å². The summed E-state index contributed by atoms with van der Waals surface area (Å²) in [6.07, 6.45) is 3.20. The first-order valence-corrected chi connectivity index (χ1v) is 9.87. The zero-order valence-corrected chi connectivity index (χ0v) is 16.5. The number of halogens is 2. The molecular formula is C22H26ClFN2O. The second-order valence-electron chi connectivity index (χ2n) is 7.36. The van der Waals surface area contributed by atoms with Crippen LogP contribution in [-0.4, -0.2) is 48.9 Å². The fourth-order valence-electron chi connectivity index (χ4n) is 3.64. The topological polar surface area (TPSA) is 23.6 Å². The van der Waals surface area contributed by atoms with Gasteiger partial charge in [0.25, 0.3) is 5.91 Å². The molecular weight excluding hydrogens is 363 g/mol. The van der Waals surface area contributed by atoms with E-state index < -0.39 is 0 Å². The van der Waals surface area contributed by atoms with Crippen LogP contribution in [0.1, 0.15) is 28.8 Å². The van der Waals surface area contributed by atoms with Gasteiger partial charge in [-0.05, 0) is 74.2 Å². The minimum atomic E-state index is -0.372. The van der Waals surface area contributed by atoms with E-state index in [1.165, 1.54) is 17.7 Å². The minimum Gasteiger partial charge on any atom is -0.341 e. The van der Waals surface area contributed by atoms with Crippen LogP contribution in [0.3, 0.4) is 0 Å². The molecule has 27 heavy (non-hydrogen) atoms. The summed E-state index contributed by atoms with van der Waals surface area (Å²) in [6, 6.07) is 14.0. The van der Waals surface area contributed by atoms with Gasteiger partial charge in [0.1, 0.15) is 5.82 Å². The number of piperidine rings is 1. The molecule has 0 aliphatic carbocycles. The average Bonchev–Trinajstić information content (AvgIpc) is 2.68. The van der Waals surface area contributed by atoms with Crippen LogP contribution in [0.5, 0.6) is 0 Å². The van der Waals surface area contributed by atoms with Gasteiger partial charge in [0, 0.05) is 30.7 Å². The van der Waals surface area contributed by atoms with Crippen LogP contribution < -0.4 is 0 Å². The third-order valence-corrected chi connectivity index (χ3v) is 5.54. The second-order valence-corrected chi connectivity index (χ2v) is 7.79. The van der Waals surface area contributed by atoms with Crippen LogP contribution in [0.4, 0.5) is 4.39 Å². The van der Waals surface area contributed by atoms with Crippen molar-refractivity contribution in [1.82, 2.24) is 9.80 Å². The predicted molar refractivity (Wildman–Crippen MR) is 108 cm³/mol. The molecule has 5 heteroatoms. The highest BCUT2D eigenvalue weighted by Gasteiger charge is 2.22. The standard InChI is InChI=1S/C22H26ClFN2O/c1-25(22(27)19-3-2-4-21(24)15-19)16-18-10-13-26(14-11-18)12-9-17-5-7-20(23)8-6-17/h2-8,15,18H,9-14,16H2,1H3. The van der Waals surface area contributed by atoms with Crippen molar-refractivity contribution in [2.75, 3.05) is 33.2 Å². The zero-order valence-electron chi connectivity index (χ0n) is 15.7. The molecule has 3 nitrogen and oxygen atoms in total. The molecule has 1 amide bonds. The fourth-order valence-corrected chi connectivity index (χ4v) is 3.77. The Kier molecular flexibility index (Phi) is 6.86. The number of carbonyl (C=O) groups is 1. The maximum atomic E-state index is 13.3. The Bertz CT molecular complexity index is 757. The van der Waals surface area contributed by atoms with E-state index in [1.807, 2.05) is 12.1 Å². The molecule has 1 aliphatic heterocycles. The number of likely N-dealkylation sites (tertiary alicyclic amines) is 1. The number of amides is 1. The molecule has 0 bridgehead atoms. The van der Waals surface area contributed by atoms with E-state index in [0.29, 0.717) is 11.5 Å². The summed E-state index contributed by atoms with van der Waals surface area (Å²) in [7, 11) is 1.81. The lowest BCUT2D eigenvalue weighted by molar-refractivity contribution is 0.0740. The molecule has 0 spiro atoms. The van der Waals surface area contributed by atoms with Gasteiger partial charge in [0.15, 0.2) is 0 Å². The van der Waals surface area contributed by atoms with Crippen LogP contribution in [0.2, 0.25) is 5.02 Å². The highest BCUT2D eigenvalue weighted by molar-refractivity contribution is 6.30. The Balaban J connectivity index is 1.42. The van der Waals surface area contributed by atoms with Gasteiger partial charge in [0.05, 0.1) is 0 Å². The van der Waals surface area contributed by atoms with Gasteiger partial charge in [0.2, 0.25) is 0 Å². The van der Waals surface area contributed by atoms with Gasteiger partial charge < -0.3 is 9.80 Å². The van der Waals surface area contributed by atoms with E-state index in [9.17, 15) is 9.18 Å². The summed E-state index contributed by atoms with van der Waals surface area (Å²) in [4.78, 5) is 16.7. The van der Waals surface area contributed by atoms with E-state index in [1.54, 1.807) is 24.1 Å². The van der Waals surface area contributed by atoms with Crippen molar-refractivity contribution in [1.29, 1.82) is 0 Å². The van der Waals surface area contributed by atoms with Crippen molar-refractivity contribution in [3.8, 4) is 0 Å². The zero-order chi connectivity index (χ0) is 19.2. The summed E-state index contributed by atoms with van der Waals surface area (Å²) in [6.45, 7) is 3.88. The number of rotatable bonds is 6. The van der Waals surface area contributed by atoms with Crippen molar-refractivity contribution in [2.24, 2.45) is 5.92 Å². The van der Waals surface area contributed by atoms with Crippen LogP contribution in [0.25, 0.3) is 0 Å². The number of hydrogen-bond donors (Lipinski definition) is 0. The van der Waals surface area contributed by atoms with Crippen LogP contribution >= 0.6 is 11.6 Å². The average molecular weight is 389 g/mol. The van der Waals surface area contributed by atoms with Gasteiger partial charge >= 0.3 is 0 Å². The smallest absolute Gasteiger partial charge is 0.253 e. The molecule has 0 atom stereocenters. The van der Waals surface area contributed by atoms with Crippen molar-refractivity contribution < 1.29 is 9.18 Å². The molecule has 3 rings (SSSR count). The molecule has 0 N–H and O–H groups in total. The summed E-state index contributed by atoms with van der Waals surface area (Å²) >= 11 is 5.93. The first kappa shape index (κ1) is 19.8. The molecule has 1 saturated heterocycles. The van der Waals surface area contributed by atoms with E-state index in [0.717, 1.165) is 50.5 Å². The van der Waals surface area contributed by atoms with E-state index in [2.05, 4.69) is 17.0 Å². The lowest BCUT2D eigenvalue weighted by Crippen LogP contribution is -2.40. The minimum absolute atomic E-state index is 0.111. The Labute approximate surface area is 165 Å². The maximum absolute atomic E-state index is 13.3. The highest BCUT2D eigenvalue weighted by atomic mass is 35.5. The molecule has 0 saturated carbocycles. The van der Waals surface area contributed by atoms with Crippen molar-refractivity contribution in [3.05, 3.63) is 70.5 Å². The number of hydrogen-bond acceptors (Lipinski definition) is 2. The maximum Gasteiger partial charge on any atom is 0.253 e. The molecule has 2 aromatic carbocycles. The van der Waals surface area contributed by atoms with E-state index in [4.69, 9.17) is 11.6 Å². The van der Waals surface area contributed by atoms with Gasteiger partial charge in [-0.25, -0.2) is 4.39 Å². The molecule has 0 radical (unpaired) electrons. The van der Waals surface area contributed by atoms with Crippen LogP contribution in [0.15, 0.2) is 48.5 Å². The third kappa shape index (κ3) is 5.78. The molecule has 0 unspecified atom stereocenters. The third-order valence-electron chi connectivity index (χ3n) is 5.29. The van der Waals surface area contributed by atoms with Gasteiger partial charge in [-0.2, -0.15) is 0 Å². The lowest BCUT2D eigenvalue weighted by atomic mass is 9.95. The molecule has 0 aromatic heterocycles. The van der Waals surface area contributed by atoms with Crippen molar-refractivity contribution in [3.63, 3.8) is 0 Å².